The Morgan fingerprint density at radius 2 is 2.22 bits per heavy atom. The van der Waals surface area contributed by atoms with Crippen molar-refractivity contribution in [3.8, 4) is 0 Å². The van der Waals surface area contributed by atoms with Crippen molar-refractivity contribution in [2.75, 3.05) is 0 Å². The van der Waals surface area contributed by atoms with E-state index >= 15 is 0 Å². The molecule has 0 N–H and O–H groups in total. The fourth-order valence-corrected chi connectivity index (χ4v) is 2.22. The molecule has 0 unspecified atom stereocenters. The first-order chi connectivity index (χ1) is 8.58. The molecule has 0 aliphatic heterocycles. The van der Waals surface area contributed by atoms with E-state index in [0.29, 0.717) is 23.4 Å². The molecule has 18 heavy (non-hydrogen) atoms. The standard InChI is InChI=1S/C13H12ClIN2O/c1-17-10(6-7-16-17)3-5-13(18)9-2-4-12(15)11(14)8-9/h2,4,6-8H,3,5H2,1H3. The van der Waals surface area contributed by atoms with Gasteiger partial charge in [-0.15, -0.1) is 0 Å². The van der Waals surface area contributed by atoms with E-state index in [2.05, 4.69) is 27.7 Å². The maximum Gasteiger partial charge on any atom is 0.163 e. The molecule has 0 bridgehead atoms. The summed E-state index contributed by atoms with van der Waals surface area (Å²) in [5, 5.41) is 4.70. The Morgan fingerprint density at radius 1 is 1.44 bits per heavy atom. The Balaban J connectivity index is 2.04. The monoisotopic (exact) mass is 374 g/mol. The van der Waals surface area contributed by atoms with Gasteiger partial charge in [-0.3, -0.25) is 9.48 Å². The van der Waals surface area contributed by atoms with Crippen molar-refractivity contribution in [2.24, 2.45) is 7.05 Å². The minimum atomic E-state index is 0.106. The van der Waals surface area contributed by atoms with Crippen LogP contribution in [0.1, 0.15) is 22.5 Å². The van der Waals surface area contributed by atoms with E-state index in [1.807, 2.05) is 25.2 Å². The number of hydrogen-bond donors (Lipinski definition) is 0. The SMILES string of the molecule is Cn1nccc1CCC(=O)c1ccc(I)c(Cl)c1. The van der Waals surface area contributed by atoms with Crippen molar-refractivity contribution in [1.29, 1.82) is 0 Å². The summed E-state index contributed by atoms with van der Waals surface area (Å²) in [7, 11) is 1.88. The van der Waals surface area contributed by atoms with Crippen molar-refractivity contribution in [3.05, 3.63) is 50.3 Å². The minimum absolute atomic E-state index is 0.106. The second kappa shape index (κ2) is 5.84. The molecule has 0 radical (unpaired) electrons. The van der Waals surface area contributed by atoms with Crippen LogP contribution in [0.3, 0.4) is 0 Å². The molecule has 0 saturated carbocycles. The molecular weight excluding hydrogens is 363 g/mol. The number of Topliss-reactive ketones (excluding diaryl/α,β-unsaturated/α-hetero) is 1. The number of rotatable bonds is 4. The molecule has 2 rings (SSSR count). The van der Waals surface area contributed by atoms with E-state index < -0.39 is 0 Å². The third-order valence-electron chi connectivity index (χ3n) is 2.77. The van der Waals surface area contributed by atoms with Gasteiger partial charge in [0.15, 0.2) is 5.78 Å². The molecule has 1 heterocycles. The van der Waals surface area contributed by atoms with Gasteiger partial charge in [0, 0.05) is 34.5 Å². The van der Waals surface area contributed by atoms with E-state index in [4.69, 9.17) is 11.6 Å². The number of benzene rings is 1. The van der Waals surface area contributed by atoms with Crippen molar-refractivity contribution >= 4 is 40.0 Å². The van der Waals surface area contributed by atoms with E-state index in [0.717, 1.165) is 9.26 Å². The molecular formula is C13H12ClIN2O. The van der Waals surface area contributed by atoms with E-state index in [1.165, 1.54) is 0 Å². The first kappa shape index (κ1) is 13.5. The van der Waals surface area contributed by atoms with Crippen LogP contribution in [0.4, 0.5) is 0 Å². The Hall–Kier alpha value is -0.880. The van der Waals surface area contributed by atoms with Crippen LogP contribution in [-0.2, 0) is 13.5 Å². The molecule has 94 valence electrons. The van der Waals surface area contributed by atoms with Gasteiger partial charge in [-0.2, -0.15) is 5.10 Å². The summed E-state index contributed by atoms with van der Waals surface area (Å²) < 4.78 is 2.74. The van der Waals surface area contributed by atoms with Crippen LogP contribution in [0.15, 0.2) is 30.5 Å². The molecule has 0 fully saturated rings. The highest BCUT2D eigenvalue weighted by Gasteiger charge is 2.09. The second-order valence-corrected chi connectivity index (χ2v) is 5.57. The molecule has 0 spiro atoms. The number of carbonyl (C=O) groups is 1. The van der Waals surface area contributed by atoms with Gasteiger partial charge in [0.2, 0.25) is 0 Å². The van der Waals surface area contributed by atoms with Gasteiger partial charge in [-0.05, 0) is 47.2 Å². The number of aryl methyl sites for hydroxylation is 2. The molecule has 0 aliphatic carbocycles. The van der Waals surface area contributed by atoms with Crippen molar-refractivity contribution < 1.29 is 4.79 Å². The Morgan fingerprint density at radius 3 is 2.83 bits per heavy atom. The minimum Gasteiger partial charge on any atom is -0.294 e. The van der Waals surface area contributed by atoms with Crippen molar-refractivity contribution in [2.45, 2.75) is 12.8 Å². The maximum atomic E-state index is 12.0. The summed E-state index contributed by atoms with van der Waals surface area (Å²) in [5.41, 5.74) is 1.72. The lowest BCUT2D eigenvalue weighted by Gasteiger charge is -2.03. The zero-order valence-corrected chi connectivity index (χ0v) is 12.8. The van der Waals surface area contributed by atoms with Gasteiger partial charge in [-0.25, -0.2) is 0 Å². The molecule has 3 nitrogen and oxygen atoms in total. The van der Waals surface area contributed by atoms with Crippen LogP contribution >= 0.6 is 34.2 Å². The predicted octanol–water partition coefficient (Wildman–Crippen LogP) is 3.49. The predicted molar refractivity (Wildman–Crippen MR) is 80.0 cm³/mol. The molecule has 5 heteroatoms. The lowest BCUT2D eigenvalue weighted by molar-refractivity contribution is 0.0982. The molecule has 1 aromatic heterocycles. The van der Waals surface area contributed by atoms with Crippen LogP contribution in [0.2, 0.25) is 5.02 Å². The number of hydrogen-bond acceptors (Lipinski definition) is 2. The summed E-state index contributed by atoms with van der Waals surface area (Å²) in [6.45, 7) is 0. The molecule has 2 aromatic rings. The average Bonchev–Trinajstić information content (AvgIpc) is 2.75. The number of ketones is 1. The number of carbonyl (C=O) groups excluding carboxylic acids is 1. The molecule has 0 saturated heterocycles. The van der Waals surface area contributed by atoms with Gasteiger partial charge in [-0.1, -0.05) is 17.7 Å². The van der Waals surface area contributed by atoms with Gasteiger partial charge < -0.3 is 0 Å². The first-order valence-corrected chi connectivity index (χ1v) is 6.98. The fourth-order valence-electron chi connectivity index (χ4n) is 1.70. The topological polar surface area (TPSA) is 34.9 Å². The van der Waals surface area contributed by atoms with Gasteiger partial charge in [0.05, 0.1) is 5.02 Å². The molecule has 0 aliphatic rings. The van der Waals surface area contributed by atoms with Crippen LogP contribution < -0.4 is 0 Å². The quantitative estimate of drug-likeness (QED) is 0.606. The highest BCUT2D eigenvalue weighted by molar-refractivity contribution is 14.1. The zero-order valence-electron chi connectivity index (χ0n) is 9.86. The largest absolute Gasteiger partial charge is 0.294 e. The lowest BCUT2D eigenvalue weighted by Crippen LogP contribution is -2.04. The number of nitrogens with zero attached hydrogens (tertiary/aromatic N) is 2. The van der Waals surface area contributed by atoms with Crippen LogP contribution in [0.25, 0.3) is 0 Å². The normalized spacial score (nSPS) is 10.6. The summed E-state index contributed by atoms with van der Waals surface area (Å²) in [5.74, 6) is 0.106. The van der Waals surface area contributed by atoms with Gasteiger partial charge >= 0.3 is 0 Å². The number of halogens is 2. The van der Waals surface area contributed by atoms with E-state index in [9.17, 15) is 4.79 Å². The molecule has 0 atom stereocenters. The Labute approximate surface area is 124 Å². The van der Waals surface area contributed by atoms with Crippen molar-refractivity contribution in [3.63, 3.8) is 0 Å². The molecule has 0 amide bonds. The number of aromatic nitrogens is 2. The highest BCUT2D eigenvalue weighted by Crippen LogP contribution is 2.20. The second-order valence-electron chi connectivity index (χ2n) is 4.00. The van der Waals surface area contributed by atoms with Crippen LogP contribution in [-0.4, -0.2) is 15.6 Å². The van der Waals surface area contributed by atoms with Crippen molar-refractivity contribution in [1.82, 2.24) is 9.78 Å². The van der Waals surface area contributed by atoms with Crippen LogP contribution in [0, 0.1) is 3.57 Å². The smallest absolute Gasteiger partial charge is 0.163 e. The third-order valence-corrected chi connectivity index (χ3v) is 4.34. The summed E-state index contributed by atoms with van der Waals surface area (Å²) in [6.07, 6.45) is 2.90. The highest BCUT2D eigenvalue weighted by atomic mass is 127. The van der Waals surface area contributed by atoms with Crippen LogP contribution in [0.5, 0.6) is 0 Å². The summed E-state index contributed by atoms with van der Waals surface area (Å²) in [4.78, 5) is 12.0. The Bertz CT molecular complexity index is 580. The van der Waals surface area contributed by atoms with E-state index in [-0.39, 0.29) is 5.78 Å². The van der Waals surface area contributed by atoms with Gasteiger partial charge in [0.25, 0.3) is 0 Å². The maximum absolute atomic E-state index is 12.0. The van der Waals surface area contributed by atoms with E-state index in [1.54, 1.807) is 16.9 Å². The lowest BCUT2D eigenvalue weighted by atomic mass is 10.1. The first-order valence-electron chi connectivity index (χ1n) is 5.53. The van der Waals surface area contributed by atoms with Gasteiger partial charge in [0.1, 0.15) is 0 Å². The summed E-state index contributed by atoms with van der Waals surface area (Å²) in [6, 6.07) is 7.34. The third kappa shape index (κ3) is 3.11. The Kier molecular flexibility index (Phi) is 4.40. The summed E-state index contributed by atoms with van der Waals surface area (Å²) >= 11 is 8.15. The fraction of sp³-hybridized carbons (Fsp3) is 0.231. The molecule has 1 aromatic carbocycles. The zero-order chi connectivity index (χ0) is 13.1. The average molecular weight is 375 g/mol.